The minimum absolute atomic E-state index is 0.962. The summed E-state index contributed by atoms with van der Waals surface area (Å²) in [6.45, 7) is 9.90. The van der Waals surface area contributed by atoms with Crippen LogP contribution in [0.25, 0.3) is 32.2 Å². The van der Waals surface area contributed by atoms with Crippen LogP contribution in [-0.2, 0) is 0 Å². The summed E-state index contributed by atoms with van der Waals surface area (Å²) in [5.41, 5.74) is 5.27. The number of hydrogen-bond acceptors (Lipinski definition) is 3. The fourth-order valence-corrected chi connectivity index (χ4v) is 20.7. The number of aryl methyl sites for hydroxylation is 1. The molecule has 43 heavy (non-hydrogen) atoms. The lowest BCUT2D eigenvalue weighted by Crippen LogP contribution is -2.50. The van der Waals surface area contributed by atoms with Crippen molar-refractivity contribution in [2.24, 2.45) is 17.8 Å². The van der Waals surface area contributed by atoms with Crippen molar-refractivity contribution >= 4 is 58.2 Å². The lowest BCUT2D eigenvalue weighted by atomic mass is 10.0. The quantitative estimate of drug-likeness (QED) is 0.173. The monoisotopic (exact) mass is 624 g/mol. The highest BCUT2D eigenvalue weighted by Crippen LogP contribution is 2.46. The first-order chi connectivity index (χ1) is 20.8. The summed E-state index contributed by atoms with van der Waals surface area (Å²) in [6, 6.07) is 18.6. The van der Waals surface area contributed by atoms with Crippen molar-refractivity contribution in [2.45, 2.75) is 122 Å². The van der Waals surface area contributed by atoms with Gasteiger partial charge >= 0.3 is 0 Å². The third kappa shape index (κ3) is 5.95. The van der Waals surface area contributed by atoms with Crippen molar-refractivity contribution in [3.05, 3.63) is 48.3 Å². The minimum Gasteiger partial charge on any atom is -0.235 e. The van der Waals surface area contributed by atoms with Crippen LogP contribution in [0.5, 0.6) is 0 Å². The summed E-state index contributed by atoms with van der Waals surface area (Å²) in [4.78, 5) is 10.1. The van der Waals surface area contributed by atoms with Gasteiger partial charge in [-0.05, 0) is 69.7 Å². The molecule has 5 heteroatoms. The van der Waals surface area contributed by atoms with E-state index in [1.54, 1.807) is 23.3 Å². The molecule has 3 saturated carbocycles. The summed E-state index contributed by atoms with van der Waals surface area (Å²) < 4.78 is 3.20. The van der Waals surface area contributed by atoms with Crippen molar-refractivity contribution in [3.8, 4) is 11.3 Å². The molecule has 3 fully saturated rings. The van der Waals surface area contributed by atoms with Gasteiger partial charge in [0.2, 0.25) is 0 Å². The summed E-state index contributed by atoms with van der Waals surface area (Å²) in [6.07, 6.45) is 19.5. The third-order valence-electron chi connectivity index (χ3n) is 11.6. The van der Waals surface area contributed by atoms with Gasteiger partial charge in [-0.1, -0.05) is 132 Å². The first-order valence-corrected chi connectivity index (χ1v) is 24.5. The van der Waals surface area contributed by atoms with E-state index in [0.29, 0.717) is 0 Å². The van der Waals surface area contributed by atoms with E-state index < -0.39 is 16.1 Å². The fraction of sp³-hybridized carbons (Fsp3) is 0.579. The van der Waals surface area contributed by atoms with Gasteiger partial charge in [-0.25, -0.2) is 9.97 Å². The molecule has 7 rings (SSSR count). The predicted molar refractivity (Wildman–Crippen MR) is 194 cm³/mol. The Morgan fingerprint density at radius 1 is 0.744 bits per heavy atom. The second-order valence-corrected chi connectivity index (χ2v) is 26.5. The number of aromatic nitrogens is 2. The Labute approximate surface area is 266 Å². The second kappa shape index (κ2) is 12.2. The van der Waals surface area contributed by atoms with Crippen LogP contribution < -0.4 is 9.69 Å². The number of hydrogen-bond donors (Lipinski definition) is 0. The molecule has 2 heterocycles. The molecule has 0 N–H and O–H groups in total. The maximum atomic E-state index is 5.08. The van der Waals surface area contributed by atoms with Crippen LogP contribution in [-0.4, -0.2) is 26.1 Å². The number of rotatable bonds is 9. The van der Waals surface area contributed by atoms with Gasteiger partial charge in [0.25, 0.3) is 0 Å². The normalized spacial score (nSPS) is 19.4. The van der Waals surface area contributed by atoms with Crippen molar-refractivity contribution in [1.29, 1.82) is 0 Å². The Bertz CT molecular complexity index is 1540. The lowest BCUT2D eigenvalue weighted by Gasteiger charge is -2.38. The molecule has 2 aromatic carbocycles. The maximum Gasteiger partial charge on any atom is 0.116 e. The molecular weight excluding hydrogens is 573 g/mol. The molecule has 228 valence electrons. The smallest absolute Gasteiger partial charge is 0.116 e. The van der Waals surface area contributed by atoms with Crippen molar-refractivity contribution in [3.63, 3.8) is 0 Å². The first-order valence-electron chi connectivity index (χ1n) is 17.6. The Morgan fingerprint density at radius 2 is 1.30 bits per heavy atom. The van der Waals surface area contributed by atoms with Crippen LogP contribution in [0.3, 0.4) is 0 Å². The topological polar surface area (TPSA) is 25.8 Å². The average Bonchev–Trinajstić information content (AvgIpc) is 3.82. The SMILES string of the molecule is Cc1c([Si](CC2CCCC2)(CC2CCCC2)CC2CCCC2)sc2c(-c3cc([Si](C)(C)C)c4ccccc4c3)ncnc12. The zero-order valence-corrected chi connectivity index (χ0v) is 30.0. The molecule has 0 atom stereocenters. The third-order valence-corrected chi connectivity index (χ3v) is 21.7. The molecule has 0 radical (unpaired) electrons. The van der Waals surface area contributed by atoms with Gasteiger partial charge in [0.05, 0.1) is 24.0 Å². The van der Waals surface area contributed by atoms with E-state index in [9.17, 15) is 0 Å². The van der Waals surface area contributed by atoms with E-state index in [-0.39, 0.29) is 0 Å². The molecule has 2 aromatic heterocycles. The summed E-state index contributed by atoms with van der Waals surface area (Å²) in [5, 5.41) is 4.33. The van der Waals surface area contributed by atoms with Crippen LogP contribution in [0.2, 0.25) is 37.8 Å². The molecule has 3 aliphatic rings. The predicted octanol–water partition coefficient (Wildman–Crippen LogP) is 10.6. The van der Waals surface area contributed by atoms with Crippen LogP contribution in [0.15, 0.2) is 42.7 Å². The van der Waals surface area contributed by atoms with Gasteiger partial charge in [0.1, 0.15) is 14.4 Å². The molecule has 0 unspecified atom stereocenters. The van der Waals surface area contributed by atoms with Gasteiger partial charge in [-0.15, -0.1) is 11.3 Å². The number of fused-ring (bicyclic) bond motifs is 2. The molecule has 4 aromatic rings. The molecule has 0 amide bonds. The summed E-state index contributed by atoms with van der Waals surface area (Å²) in [5.74, 6) is 2.89. The summed E-state index contributed by atoms with van der Waals surface area (Å²) >= 11 is 2.17. The Kier molecular flexibility index (Phi) is 8.45. The molecule has 0 bridgehead atoms. The molecule has 2 nitrogen and oxygen atoms in total. The summed E-state index contributed by atoms with van der Waals surface area (Å²) in [7, 11) is -3.31. The van der Waals surface area contributed by atoms with E-state index in [1.165, 1.54) is 115 Å². The maximum absolute atomic E-state index is 5.08. The molecule has 0 spiro atoms. The van der Waals surface area contributed by atoms with E-state index in [0.717, 1.165) is 17.8 Å². The van der Waals surface area contributed by atoms with Crippen LogP contribution in [0.1, 0.15) is 82.6 Å². The van der Waals surface area contributed by atoms with Gasteiger partial charge in [0.15, 0.2) is 0 Å². The van der Waals surface area contributed by atoms with E-state index in [4.69, 9.17) is 9.97 Å². The van der Waals surface area contributed by atoms with Crippen LogP contribution in [0, 0.1) is 24.7 Å². The van der Waals surface area contributed by atoms with Gasteiger partial charge in [-0.2, -0.15) is 0 Å². The lowest BCUT2D eigenvalue weighted by molar-refractivity contribution is 0.547. The van der Waals surface area contributed by atoms with Crippen molar-refractivity contribution < 1.29 is 0 Å². The van der Waals surface area contributed by atoms with E-state index >= 15 is 0 Å². The Hall–Kier alpha value is -1.83. The fourth-order valence-electron chi connectivity index (χ4n) is 9.63. The number of benzene rings is 2. The Balaban J connectivity index is 1.40. The largest absolute Gasteiger partial charge is 0.235 e. The Morgan fingerprint density at radius 3 is 1.86 bits per heavy atom. The van der Waals surface area contributed by atoms with Crippen LogP contribution >= 0.6 is 11.3 Å². The van der Waals surface area contributed by atoms with E-state index in [1.807, 2.05) is 10.8 Å². The number of nitrogens with zero attached hydrogens (tertiary/aromatic N) is 2. The van der Waals surface area contributed by atoms with Crippen LogP contribution in [0.4, 0.5) is 0 Å². The highest BCUT2D eigenvalue weighted by molar-refractivity contribution is 7.32. The van der Waals surface area contributed by atoms with Gasteiger partial charge in [-0.3, -0.25) is 0 Å². The standard InChI is InChI=1S/C38H52N2SSi2/c1-27-35-37(36(40-26-39-35)32-21-31-19-11-12-20-33(31)34(22-32)42(2,3)4)41-38(27)43(23-28-13-5-6-14-28,24-29-15-7-8-16-29)25-30-17-9-10-18-30/h11-12,19-22,26,28-30H,5-10,13-18,23-25H2,1-4H3. The highest BCUT2D eigenvalue weighted by atomic mass is 32.1. The second-order valence-electron chi connectivity index (χ2n) is 15.8. The molecular formula is C38H52N2SSi2. The molecule has 3 aliphatic carbocycles. The average molecular weight is 625 g/mol. The number of thiophene rings is 1. The highest BCUT2D eigenvalue weighted by Gasteiger charge is 2.45. The molecule has 0 saturated heterocycles. The van der Waals surface area contributed by atoms with Crippen molar-refractivity contribution in [2.75, 3.05) is 0 Å². The van der Waals surface area contributed by atoms with E-state index in [2.05, 4.69) is 74.3 Å². The van der Waals surface area contributed by atoms with Crippen molar-refractivity contribution in [1.82, 2.24) is 9.97 Å². The zero-order valence-electron chi connectivity index (χ0n) is 27.2. The zero-order chi connectivity index (χ0) is 29.6. The van der Waals surface area contributed by atoms with Gasteiger partial charge < -0.3 is 0 Å². The van der Waals surface area contributed by atoms with Gasteiger partial charge in [0, 0.05) is 5.56 Å². The minimum atomic E-state index is -1.75. The first kappa shape index (κ1) is 29.9. The molecule has 0 aliphatic heterocycles.